The molecule has 0 spiro atoms. The first kappa shape index (κ1) is 10.9. The zero-order valence-electron chi connectivity index (χ0n) is 8.73. The van der Waals surface area contributed by atoms with Crippen molar-refractivity contribution in [3.63, 3.8) is 0 Å². The molecule has 1 aromatic rings. The average molecular weight is 195 g/mol. The van der Waals surface area contributed by atoms with Gasteiger partial charge in [0.15, 0.2) is 0 Å². The second-order valence-electron chi connectivity index (χ2n) is 3.48. The summed E-state index contributed by atoms with van der Waals surface area (Å²) in [5.41, 5.74) is 6.39. The summed E-state index contributed by atoms with van der Waals surface area (Å²) in [7, 11) is 0. The molecule has 1 unspecified atom stereocenters. The van der Waals surface area contributed by atoms with Crippen LogP contribution in [0.25, 0.3) is 0 Å². The quantitative estimate of drug-likeness (QED) is 0.748. The molecular formula is C10H17N3O. The van der Waals surface area contributed by atoms with Crippen LogP contribution in [0, 0.1) is 5.92 Å². The minimum atomic E-state index is -0.0556. The van der Waals surface area contributed by atoms with Crippen molar-refractivity contribution in [2.45, 2.75) is 26.8 Å². The maximum Gasteiger partial charge on any atom is 0.141 e. The van der Waals surface area contributed by atoms with E-state index in [1.165, 1.54) is 0 Å². The number of nitrogens with zero attached hydrogens (tertiary/aromatic N) is 2. The highest BCUT2D eigenvalue weighted by atomic mass is 16.1. The highest BCUT2D eigenvalue weighted by Crippen LogP contribution is 2.04. The van der Waals surface area contributed by atoms with Gasteiger partial charge in [-0.25, -0.2) is 0 Å². The van der Waals surface area contributed by atoms with E-state index in [2.05, 4.69) is 5.10 Å². The fraction of sp³-hybridized carbons (Fsp3) is 0.600. The molecule has 0 fully saturated rings. The van der Waals surface area contributed by atoms with Crippen molar-refractivity contribution in [1.29, 1.82) is 0 Å². The van der Waals surface area contributed by atoms with Crippen LogP contribution in [0.2, 0.25) is 0 Å². The molecule has 0 aliphatic rings. The van der Waals surface area contributed by atoms with Crippen molar-refractivity contribution in [3.05, 3.63) is 18.0 Å². The maximum atomic E-state index is 11.5. The number of ketones is 1. The minimum absolute atomic E-state index is 0.0556. The Morgan fingerprint density at radius 1 is 1.71 bits per heavy atom. The Labute approximate surface area is 84.1 Å². The molecule has 2 N–H and O–H groups in total. The Morgan fingerprint density at radius 3 is 2.93 bits per heavy atom. The summed E-state index contributed by atoms with van der Waals surface area (Å²) in [6.45, 7) is 5.12. The van der Waals surface area contributed by atoms with Gasteiger partial charge in [0.1, 0.15) is 5.78 Å². The first-order chi connectivity index (χ1) is 6.67. The second-order valence-corrected chi connectivity index (χ2v) is 3.48. The van der Waals surface area contributed by atoms with Crippen LogP contribution in [-0.2, 0) is 17.8 Å². The molecule has 1 rings (SSSR count). The fourth-order valence-corrected chi connectivity index (χ4v) is 1.18. The van der Waals surface area contributed by atoms with Crippen LogP contribution in [0.3, 0.4) is 0 Å². The molecule has 0 aliphatic heterocycles. The molecular weight excluding hydrogens is 178 g/mol. The standard InChI is InChI=1S/C10H17N3O/c1-3-13-7-9(6-12-13)4-10(14)8(2)5-11/h6-8H,3-5,11H2,1-2H3. The molecule has 0 aromatic carbocycles. The summed E-state index contributed by atoms with van der Waals surface area (Å²) in [5.74, 6) is 0.128. The summed E-state index contributed by atoms with van der Waals surface area (Å²) in [6.07, 6.45) is 4.09. The topological polar surface area (TPSA) is 60.9 Å². The van der Waals surface area contributed by atoms with E-state index < -0.39 is 0 Å². The average Bonchev–Trinajstić information content (AvgIpc) is 2.64. The van der Waals surface area contributed by atoms with Gasteiger partial charge in [-0.1, -0.05) is 6.92 Å². The minimum Gasteiger partial charge on any atom is -0.330 e. The number of hydrogen-bond acceptors (Lipinski definition) is 3. The Kier molecular flexibility index (Phi) is 3.83. The number of Topliss-reactive ketones (excluding diaryl/α,β-unsaturated/α-hetero) is 1. The van der Waals surface area contributed by atoms with Gasteiger partial charge in [-0.2, -0.15) is 5.10 Å². The van der Waals surface area contributed by atoms with Crippen LogP contribution < -0.4 is 5.73 Å². The van der Waals surface area contributed by atoms with Gasteiger partial charge in [0.2, 0.25) is 0 Å². The Balaban J connectivity index is 2.56. The maximum absolute atomic E-state index is 11.5. The summed E-state index contributed by atoms with van der Waals surface area (Å²) in [6, 6.07) is 0. The Morgan fingerprint density at radius 2 is 2.43 bits per heavy atom. The molecule has 0 radical (unpaired) electrons. The van der Waals surface area contributed by atoms with Gasteiger partial charge < -0.3 is 5.73 Å². The van der Waals surface area contributed by atoms with Crippen molar-refractivity contribution >= 4 is 5.78 Å². The number of carbonyl (C=O) groups is 1. The lowest BCUT2D eigenvalue weighted by molar-refractivity contribution is -0.121. The molecule has 1 atom stereocenters. The number of hydrogen-bond donors (Lipinski definition) is 1. The van der Waals surface area contributed by atoms with E-state index in [4.69, 9.17) is 5.73 Å². The molecule has 4 nitrogen and oxygen atoms in total. The second kappa shape index (κ2) is 4.91. The van der Waals surface area contributed by atoms with Gasteiger partial charge in [0, 0.05) is 31.6 Å². The molecule has 0 aliphatic carbocycles. The van der Waals surface area contributed by atoms with Crippen LogP contribution in [0.4, 0.5) is 0 Å². The van der Waals surface area contributed by atoms with Crippen LogP contribution in [-0.4, -0.2) is 22.1 Å². The van der Waals surface area contributed by atoms with Crippen molar-refractivity contribution in [1.82, 2.24) is 9.78 Å². The number of carbonyl (C=O) groups excluding carboxylic acids is 1. The van der Waals surface area contributed by atoms with Gasteiger partial charge in [-0.3, -0.25) is 9.48 Å². The van der Waals surface area contributed by atoms with Crippen LogP contribution in [0.1, 0.15) is 19.4 Å². The van der Waals surface area contributed by atoms with E-state index in [0.29, 0.717) is 13.0 Å². The first-order valence-electron chi connectivity index (χ1n) is 4.91. The van der Waals surface area contributed by atoms with Crippen LogP contribution in [0.15, 0.2) is 12.4 Å². The smallest absolute Gasteiger partial charge is 0.141 e. The van der Waals surface area contributed by atoms with Crippen LogP contribution in [0.5, 0.6) is 0 Å². The van der Waals surface area contributed by atoms with Crippen molar-refractivity contribution in [2.75, 3.05) is 6.54 Å². The Bertz CT molecular complexity index is 306. The highest BCUT2D eigenvalue weighted by molar-refractivity contribution is 5.82. The predicted octanol–water partition coefficient (Wildman–Crippen LogP) is 0.609. The van der Waals surface area contributed by atoms with E-state index in [-0.39, 0.29) is 11.7 Å². The Hall–Kier alpha value is -1.16. The molecule has 78 valence electrons. The number of nitrogens with two attached hydrogens (primary N) is 1. The van der Waals surface area contributed by atoms with Gasteiger partial charge in [0.25, 0.3) is 0 Å². The number of rotatable bonds is 5. The normalized spacial score (nSPS) is 12.8. The third-order valence-electron chi connectivity index (χ3n) is 2.29. The lowest BCUT2D eigenvalue weighted by Gasteiger charge is -2.04. The SMILES string of the molecule is CCn1cc(CC(=O)C(C)CN)cn1. The zero-order chi connectivity index (χ0) is 10.6. The molecule has 4 heteroatoms. The lowest BCUT2D eigenvalue weighted by Crippen LogP contribution is -2.21. The number of aromatic nitrogens is 2. The van der Waals surface area contributed by atoms with Crippen LogP contribution >= 0.6 is 0 Å². The first-order valence-corrected chi connectivity index (χ1v) is 4.91. The van der Waals surface area contributed by atoms with Crippen molar-refractivity contribution in [3.8, 4) is 0 Å². The zero-order valence-corrected chi connectivity index (χ0v) is 8.73. The van der Waals surface area contributed by atoms with E-state index in [9.17, 15) is 4.79 Å². The van der Waals surface area contributed by atoms with Gasteiger partial charge in [-0.05, 0) is 12.5 Å². The fourth-order valence-electron chi connectivity index (χ4n) is 1.18. The summed E-state index contributed by atoms with van der Waals surface area (Å²) < 4.78 is 1.82. The molecule has 0 amide bonds. The van der Waals surface area contributed by atoms with Crippen molar-refractivity contribution in [2.24, 2.45) is 11.7 Å². The summed E-state index contributed by atoms with van der Waals surface area (Å²) in [4.78, 5) is 11.5. The highest BCUT2D eigenvalue weighted by Gasteiger charge is 2.12. The monoisotopic (exact) mass is 195 g/mol. The van der Waals surface area contributed by atoms with Gasteiger partial charge in [0.05, 0.1) is 6.20 Å². The summed E-state index contributed by atoms with van der Waals surface area (Å²) in [5, 5.41) is 4.11. The molecule has 0 bridgehead atoms. The van der Waals surface area contributed by atoms with E-state index in [1.54, 1.807) is 6.20 Å². The van der Waals surface area contributed by atoms with E-state index in [1.807, 2.05) is 24.7 Å². The van der Waals surface area contributed by atoms with E-state index in [0.717, 1.165) is 12.1 Å². The molecule has 14 heavy (non-hydrogen) atoms. The van der Waals surface area contributed by atoms with Crippen molar-refractivity contribution < 1.29 is 4.79 Å². The van der Waals surface area contributed by atoms with Gasteiger partial charge >= 0.3 is 0 Å². The number of aryl methyl sites for hydroxylation is 1. The van der Waals surface area contributed by atoms with E-state index >= 15 is 0 Å². The lowest BCUT2D eigenvalue weighted by atomic mass is 10.0. The summed E-state index contributed by atoms with van der Waals surface area (Å²) >= 11 is 0. The third-order valence-corrected chi connectivity index (χ3v) is 2.29. The van der Waals surface area contributed by atoms with Gasteiger partial charge in [-0.15, -0.1) is 0 Å². The molecule has 1 aromatic heterocycles. The molecule has 0 saturated heterocycles. The largest absolute Gasteiger partial charge is 0.330 e. The molecule has 1 heterocycles. The molecule has 0 saturated carbocycles. The third kappa shape index (κ3) is 2.67. The predicted molar refractivity (Wildman–Crippen MR) is 54.8 cm³/mol.